The zero-order valence-corrected chi connectivity index (χ0v) is 15.8. The van der Waals surface area contributed by atoms with Gasteiger partial charge in [0.05, 0.1) is 13.5 Å². The van der Waals surface area contributed by atoms with Gasteiger partial charge in [0.1, 0.15) is 11.5 Å². The quantitative estimate of drug-likeness (QED) is 0.823. The van der Waals surface area contributed by atoms with Crippen LogP contribution in [-0.2, 0) is 11.2 Å². The lowest BCUT2D eigenvalue weighted by Gasteiger charge is -2.31. The van der Waals surface area contributed by atoms with Crippen molar-refractivity contribution in [2.45, 2.75) is 26.2 Å². The van der Waals surface area contributed by atoms with Gasteiger partial charge in [-0.2, -0.15) is 0 Å². The highest BCUT2D eigenvalue weighted by molar-refractivity contribution is 5.98. The first-order valence-corrected chi connectivity index (χ1v) is 9.22. The normalized spacial score (nSPS) is 14.8. The summed E-state index contributed by atoms with van der Waals surface area (Å²) in [4.78, 5) is 27.0. The van der Waals surface area contributed by atoms with Crippen molar-refractivity contribution >= 4 is 11.7 Å². The van der Waals surface area contributed by atoms with Gasteiger partial charge in [0.25, 0.3) is 0 Å². The van der Waals surface area contributed by atoms with E-state index < -0.39 is 0 Å². The van der Waals surface area contributed by atoms with Crippen LogP contribution in [0.3, 0.4) is 0 Å². The minimum absolute atomic E-state index is 0.0712. The van der Waals surface area contributed by atoms with Crippen LogP contribution in [0.1, 0.15) is 34.3 Å². The number of piperidine rings is 1. The SMILES string of the molecule is COc1cc(CC(=O)N2CCC(C(=O)c3ccc(O)cc3)CC2)ccc1C. The number of aromatic hydroxyl groups is 1. The summed E-state index contributed by atoms with van der Waals surface area (Å²) >= 11 is 0. The number of methoxy groups -OCH3 is 1. The van der Waals surface area contributed by atoms with Crippen LogP contribution >= 0.6 is 0 Å². The fraction of sp³-hybridized carbons (Fsp3) is 0.364. The molecule has 5 heteroatoms. The fourth-order valence-electron chi connectivity index (χ4n) is 3.51. The van der Waals surface area contributed by atoms with Crippen molar-refractivity contribution < 1.29 is 19.4 Å². The highest BCUT2D eigenvalue weighted by Crippen LogP contribution is 2.24. The number of Topliss-reactive ketones (excluding diaryl/α,β-unsaturated/α-hetero) is 1. The Balaban J connectivity index is 1.56. The average Bonchev–Trinajstić information content (AvgIpc) is 2.69. The molecule has 0 atom stereocenters. The van der Waals surface area contributed by atoms with Gasteiger partial charge in [-0.05, 0) is 61.2 Å². The molecule has 0 aliphatic carbocycles. The van der Waals surface area contributed by atoms with Crippen LogP contribution in [-0.4, -0.2) is 41.9 Å². The summed E-state index contributed by atoms with van der Waals surface area (Å²) in [6, 6.07) is 12.2. The Kier molecular flexibility index (Phi) is 5.79. The maximum atomic E-state index is 12.6. The van der Waals surface area contributed by atoms with E-state index in [2.05, 4.69) is 0 Å². The maximum absolute atomic E-state index is 12.6. The number of phenols is 1. The van der Waals surface area contributed by atoms with Crippen LogP contribution in [0.5, 0.6) is 11.5 Å². The van der Waals surface area contributed by atoms with E-state index in [0.717, 1.165) is 16.9 Å². The molecule has 1 saturated heterocycles. The Morgan fingerprint density at radius 2 is 1.78 bits per heavy atom. The van der Waals surface area contributed by atoms with Crippen LogP contribution in [0.25, 0.3) is 0 Å². The van der Waals surface area contributed by atoms with Crippen molar-refractivity contribution in [3.05, 3.63) is 59.2 Å². The third-order valence-electron chi connectivity index (χ3n) is 5.20. The number of ketones is 1. The first-order valence-electron chi connectivity index (χ1n) is 9.22. The number of rotatable bonds is 5. The molecule has 5 nitrogen and oxygen atoms in total. The van der Waals surface area contributed by atoms with Crippen molar-refractivity contribution in [3.63, 3.8) is 0 Å². The number of carbonyl (C=O) groups is 2. The number of hydrogen-bond donors (Lipinski definition) is 1. The van der Waals surface area contributed by atoms with Crippen molar-refractivity contribution in [1.82, 2.24) is 4.90 Å². The molecule has 0 unspecified atom stereocenters. The average molecular weight is 367 g/mol. The molecule has 1 fully saturated rings. The number of hydrogen-bond acceptors (Lipinski definition) is 4. The highest BCUT2D eigenvalue weighted by Gasteiger charge is 2.28. The largest absolute Gasteiger partial charge is 0.508 e. The number of amides is 1. The zero-order chi connectivity index (χ0) is 19.4. The Morgan fingerprint density at radius 3 is 2.41 bits per heavy atom. The van der Waals surface area contributed by atoms with Gasteiger partial charge < -0.3 is 14.7 Å². The second-order valence-corrected chi connectivity index (χ2v) is 7.05. The predicted molar refractivity (Wildman–Crippen MR) is 103 cm³/mol. The van der Waals surface area contributed by atoms with Crippen LogP contribution < -0.4 is 4.74 Å². The summed E-state index contributed by atoms with van der Waals surface area (Å²) in [6.07, 6.45) is 1.68. The molecule has 3 rings (SSSR count). The number of likely N-dealkylation sites (tertiary alicyclic amines) is 1. The minimum Gasteiger partial charge on any atom is -0.508 e. The monoisotopic (exact) mass is 367 g/mol. The van der Waals surface area contributed by atoms with Crippen molar-refractivity contribution in [3.8, 4) is 11.5 Å². The first kappa shape index (κ1) is 19.0. The van der Waals surface area contributed by atoms with Crippen molar-refractivity contribution in [2.24, 2.45) is 5.92 Å². The second kappa shape index (κ2) is 8.25. The maximum Gasteiger partial charge on any atom is 0.226 e. The summed E-state index contributed by atoms with van der Waals surface area (Å²) in [7, 11) is 1.63. The number of phenolic OH excluding ortho intramolecular Hbond substituents is 1. The van der Waals surface area contributed by atoms with Gasteiger partial charge in [-0.15, -0.1) is 0 Å². The van der Waals surface area contributed by atoms with E-state index in [4.69, 9.17) is 4.74 Å². The molecular formula is C22H25NO4. The molecule has 1 N–H and O–H groups in total. The number of nitrogens with zero attached hydrogens (tertiary/aromatic N) is 1. The molecule has 0 bridgehead atoms. The molecule has 1 heterocycles. The van der Waals surface area contributed by atoms with Crippen molar-refractivity contribution in [2.75, 3.05) is 20.2 Å². The lowest BCUT2D eigenvalue weighted by molar-refractivity contribution is -0.131. The van der Waals surface area contributed by atoms with Gasteiger partial charge in [-0.1, -0.05) is 12.1 Å². The molecule has 27 heavy (non-hydrogen) atoms. The molecule has 0 radical (unpaired) electrons. The van der Waals surface area contributed by atoms with E-state index >= 15 is 0 Å². The summed E-state index contributed by atoms with van der Waals surface area (Å²) in [5.41, 5.74) is 2.59. The molecule has 2 aromatic carbocycles. The lowest BCUT2D eigenvalue weighted by Crippen LogP contribution is -2.41. The van der Waals surface area contributed by atoms with E-state index in [9.17, 15) is 14.7 Å². The van der Waals surface area contributed by atoms with Crippen LogP contribution in [0.2, 0.25) is 0 Å². The number of benzene rings is 2. The van der Waals surface area contributed by atoms with Gasteiger partial charge in [-0.3, -0.25) is 9.59 Å². The summed E-state index contributed by atoms with van der Waals surface area (Å²) in [6.45, 7) is 3.16. The Hall–Kier alpha value is -2.82. The van der Waals surface area contributed by atoms with Gasteiger partial charge in [-0.25, -0.2) is 0 Å². The van der Waals surface area contributed by atoms with E-state index in [1.807, 2.05) is 30.0 Å². The smallest absolute Gasteiger partial charge is 0.226 e. The van der Waals surface area contributed by atoms with Crippen LogP contribution in [0.4, 0.5) is 0 Å². The molecule has 1 aliphatic heterocycles. The second-order valence-electron chi connectivity index (χ2n) is 7.05. The lowest BCUT2D eigenvalue weighted by atomic mass is 9.88. The molecule has 0 saturated carbocycles. The molecular weight excluding hydrogens is 342 g/mol. The molecule has 1 aliphatic rings. The third-order valence-corrected chi connectivity index (χ3v) is 5.20. The van der Waals surface area contributed by atoms with Crippen LogP contribution in [0.15, 0.2) is 42.5 Å². The molecule has 0 spiro atoms. The van der Waals surface area contributed by atoms with E-state index in [1.54, 1.807) is 19.2 Å². The van der Waals surface area contributed by atoms with E-state index in [-0.39, 0.29) is 23.4 Å². The number of aryl methyl sites for hydroxylation is 1. The number of carbonyl (C=O) groups excluding carboxylic acids is 2. The van der Waals surface area contributed by atoms with Crippen molar-refractivity contribution in [1.29, 1.82) is 0 Å². The standard InChI is InChI=1S/C22H25NO4/c1-15-3-4-16(13-20(15)27-2)14-21(25)23-11-9-18(10-12-23)22(26)17-5-7-19(24)8-6-17/h3-8,13,18,24H,9-12,14H2,1-2H3. The predicted octanol–water partition coefficient (Wildman–Crippen LogP) is 3.37. The Labute approximate surface area is 159 Å². The minimum atomic E-state index is -0.0712. The molecule has 2 aromatic rings. The van der Waals surface area contributed by atoms with Gasteiger partial charge in [0.15, 0.2) is 5.78 Å². The summed E-state index contributed by atoms with van der Waals surface area (Å²) < 4.78 is 5.32. The number of ether oxygens (including phenoxy) is 1. The molecule has 142 valence electrons. The van der Waals surface area contributed by atoms with E-state index in [0.29, 0.717) is 37.9 Å². The third kappa shape index (κ3) is 4.48. The highest BCUT2D eigenvalue weighted by atomic mass is 16.5. The molecule has 0 aromatic heterocycles. The summed E-state index contributed by atoms with van der Waals surface area (Å²) in [5.74, 6) is 1.04. The van der Waals surface area contributed by atoms with Gasteiger partial charge >= 0.3 is 0 Å². The van der Waals surface area contributed by atoms with Crippen LogP contribution in [0, 0.1) is 12.8 Å². The Bertz CT molecular complexity index is 821. The van der Waals surface area contributed by atoms with Gasteiger partial charge in [0.2, 0.25) is 5.91 Å². The Morgan fingerprint density at radius 1 is 1.11 bits per heavy atom. The summed E-state index contributed by atoms with van der Waals surface area (Å²) in [5, 5.41) is 9.35. The molecule has 1 amide bonds. The zero-order valence-electron chi connectivity index (χ0n) is 15.8. The fourth-order valence-corrected chi connectivity index (χ4v) is 3.51. The first-order chi connectivity index (χ1) is 13.0. The topological polar surface area (TPSA) is 66.8 Å². The van der Waals surface area contributed by atoms with E-state index in [1.165, 1.54) is 12.1 Å². The van der Waals surface area contributed by atoms with Gasteiger partial charge in [0, 0.05) is 24.6 Å².